The highest BCUT2D eigenvalue weighted by Gasteiger charge is 2.21. The van der Waals surface area contributed by atoms with E-state index in [1.807, 2.05) is 26.2 Å². The van der Waals surface area contributed by atoms with E-state index in [2.05, 4.69) is 41.2 Å². The minimum atomic E-state index is -0.0237. The van der Waals surface area contributed by atoms with Crippen LogP contribution in [0.4, 0.5) is 0 Å². The molecule has 1 aromatic heterocycles. The number of hydrogen-bond donors (Lipinski definition) is 1. The molecule has 1 aromatic rings. The Bertz CT molecular complexity index is 349. The number of aromatic nitrogens is 2. The first kappa shape index (κ1) is 14.9. The minimum Gasteiger partial charge on any atom is -0.475 e. The molecule has 18 heavy (non-hydrogen) atoms. The van der Waals surface area contributed by atoms with E-state index in [0.717, 1.165) is 18.8 Å². The van der Waals surface area contributed by atoms with Gasteiger partial charge >= 0.3 is 0 Å². The number of rotatable bonds is 7. The van der Waals surface area contributed by atoms with Gasteiger partial charge < -0.3 is 15.0 Å². The van der Waals surface area contributed by atoms with Gasteiger partial charge in [0.15, 0.2) is 0 Å². The van der Waals surface area contributed by atoms with Gasteiger partial charge in [-0.3, -0.25) is 0 Å². The lowest BCUT2D eigenvalue weighted by molar-refractivity contribution is 0.110. The normalized spacial score (nSPS) is 11.9. The van der Waals surface area contributed by atoms with E-state index in [1.54, 1.807) is 0 Å². The molecule has 1 N–H and O–H groups in total. The summed E-state index contributed by atoms with van der Waals surface area (Å²) in [5.74, 6) is 0.574. The summed E-state index contributed by atoms with van der Waals surface area (Å²) in [6, 6.07) is 3.80. The van der Waals surface area contributed by atoms with Gasteiger partial charge in [-0.2, -0.15) is 5.10 Å². The smallest absolute Gasteiger partial charge is 0.233 e. The topological polar surface area (TPSA) is 50.3 Å². The second-order valence-electron chi connectivity index (χ2n) is 5.14. The molecule has 0 amide bonds. The average Bonchev–Trinajstić information content (AvgIpc) is 2.35. The fourth-order valence-corrected chi connectivity index (χ4v) is 1.15. The number of nitrogens with zero attached hydrogens (tertiary/aromatic N) is 3. The SMILES string of the molecule is CCNCc1ccc(OCC(C)(C)N(C)C)nn1. The molecule has 0 spiro atoms. The summed E-state index contributed by atoms with van der Waals surface area (Å²) in [6.45, 7) is 8.57. The van der Waals surface area contributed by atoms with Crippen molar-refractivity contribution in [1.29, 1.82) is 0 Å². The molecule has 0 aromatic carbocycles. The van der Waals surface area contributed by atoms with Crippen molar-refractivity contribution in [3.8, 4) is 5.88 Å². The molecule has 0 fully saturated rings. The molecule has 1 heterocycles. The third-order valence-corrected chi connectivity index (χ3v) is 3.04. The lowest BCUT2D eigenvalue weighted by Gasteiger charge is -2.31. The Morgan fingerprint density at radius 1 is 1.28 bits per heavy atom. The van der Waals surface area contributed by atoms with E-state index in [-0.39, 0.29) is 5.54 Å². The van der Waals surface area contributed by atoms with Gasteiger partial charge in [-0.25, -0.2) is 0 Å². The van der Waals surface area contributed by atoms with Crippen molar-refractivity contribution in [3.63, 3.8) is 0 Å². The van der Waals surface area contributed by atoms with Crippen LogP contribution in [0.15, 0.2) is 12.1 Å². The summed E-state index contributed by atoms with van der Waals surface area (Å²) in [4.78, 5) is 2.12. The lowest BCUT2D eigenvalue weighted by Crippen LogP contribution is -2.43. The molecule has 1 rings (SSSR count). The zero-order valence-corrected chi connectivity index (χ0v) is 12.0. The number of hydrogen-bond acceptors (Lipinski definition) is 5. The van der Waals surface area contributed by atoms with E-state index in [9.17, 15) is 0 Å². The maximum absolute atomic E-state index is 5.66. The van der Waals surface area contributed by atoms with Gasteiger partial charge in [-0.15, -0.1) is 5.10 Å². The van der Waals surface area contributed by atoms with Gasteiger partial charge in [-0.1, -0.05) is 6.92 Å². The van der Waals surface area contributed by atoms with Crippen molar-refractivity contribution in [3.05, 3.63) is 17.8 Å². The summed E-state index contributed by atoms with van der Waals surface area (Å²) in [7, 11) is 4.07. The summed E-state index contributed by atoms with van der Waals surface area (Å²) < 4.78 is 5.66. The Labute approximate surface area is 110 Å². The van der Waals surface area contributed by atoms with E-state index in [4.69, 9.17) is 4.74 Å². The predicted octanol–water partition coefficient (Wildman–Crippen LogP) is 1.31. The monoisotopic (exact) mass is 252 g/mol. The van der Waals surface area contributed by atoms with Crippen LogP contribution in [-0.2, 0) is 6.54 Å². The molecule has 5 heteroatoms. The van der Waals surface area contributed by atoms with Crippen molar-refractivity contribution < 1.29 is 4.74 Å². The second-order valence-corrected chi connectivity index (χ2v) is 5.14. The predicted molar refractivity (Wildman–Crippen MR) is 72.7 cm³/mol. The zero-order chi connectivity index (χ0) is 13.6. The molecule has 0 saturated carbocycles. The van der Waals surface area contributed by atoms with Crippen LogP contribution in [0.2, 0.25) is 0 Å². The highest BCUT2D eigenvalue weighted by atomic mass is 16.5. The van der Waals surface area contributed by atoms with Gasteiger partial charge in [-0.05, 0) is 40.6 Å². The molecule has 0 aliphatic heterocycles. The fraction of sp³-hybridized carbons (Fsp3) is 0.692. The van der Waals surface area contributed by atoms with Crippen molar-refractivity contribution in [2.45, 2.75) is 32.9 Å². The van der Waals surface area contributed by atoms with Crippen molar-refractivity contribution >= 4 is 0 Å². The zero-order valence-electron chi connectivity index (χ0n) is 12.0. The van der Waals surface area contributed by atoms with E-state index in [0.29, 0.717) is 12.5 Å². The minimum absolute atomic E-state index is 0.0237. The molecule has 0 aliphatic carbocycles. The van der Waals surface area contributed by atoms with Crippen LogP contribution in [0.1, 0.15) is 26.5 Å². The fourth-order valence-electron chi connectivity index (χ4n) is 1.15. The standard InChI is InChI=1S/C13H24N4O/c1-6-14-9-11-7-8-12(16-15-11)18-10-13(2,3)17(4)5/h7-8,14H,6,9-10H2,1-5H3. The summed E-state index contributed by atoms with van der Waals surface area (Å²) in [6.07, 6.45) is 0. The Kier molecular flexibility index (Phi) is 5.50. The van der Waals surface area contributed by atoms with Gasteiger partial charge in [0.05, 0.1) is 5.69 Å². The number of ether oxygens (including phenoxy) is 1. The van der Waals surface area contributed by atoms with Crippen LogP contribution < -0.4 is 10.1 Å². The molecule has 0 atom stereocenters. The third-order valence-electron chi connectivity index (χ3n) is 3.04. The van der Waals surface area contributed by atoms with Gasteiger partial charge in [0.2, 0.25) is 5.88 Å². The van der Waals surface area contributed by atoms with Crippen LogP contribution in [0.3, 0.4) is 0 Å². The van der Waals surface area contributed by atoms with Gasteiger partial charge in [0.25, 0.3) is 0 Å². The number of likely N-dealkylation sites (N-methyl/N-ethyl adjacent to an activating group) is 1. The first-order valence-corrected chi connectivity index (χ1v) is 6.29. The number of nitrogens with one attached hydrogen (secondary N) is 1. The molecule has 0 unspecified atom stereocenters. The van der Waals surface area contributed by atoms with E-state index < -0.39 is 0 Å². The van der Waals surface area contributed by atoms with Crippen LogP contribution in [-0.4, -0.2) is 47.9 Å². The van der Waals surface area contributed by atoms with Gasteiger partial charge in [0.1, 0.15) is 6.61 Å². The summed E-state index contributed by atoms with van der Waals surface area (Å²) >= 11 is 0. The maximum atomic E-state index is 5.66. The first-order chi connectivity index (χ1) is 8.45. The van der Waals surface area contributed by atoms with Crippen LogP contribution >= 0.6 is 0 Å². The van der Waals surface area contributed by atoms with Crippen molar-refractivity contribution in [1.82, 2.24) is 20.4 Å². The van der Waals surface area contributed by atoms with E-state index in [1.165, 1.54) is 0 Å². The Balaban J connectivity index is 2.49. The highest BCUT2D eigenvalue weighted by Crippen LogP contribution is 2.13. The third kappa shape index (κ3) is 4.58. The maximum Gasteiger partial charge on any atom is 0.233 e. The Hall–Kier alpha value is -1.20. The molecule has 0 aliphatic rings. The molecular weight excluding hydrogens is 228 g/mol. The highest BCUT2D eigenvalue weighted by molar-refractivity contribution is 5.11. The summed E-state index contributed by atoms with van der Waals surface area (Å²) in [5.41, 5.74) is 0.903. The molecule has 0 bridgehead atoms. The van der Waals surface area contributed by atoms with Crippen LogP contribution in [0, 0.1) is 0 Å². The second kappa shape index (κ2) is 6.66. The van der Waals surface area contributed by atoms with E-state index >= 15 is 0 Å². The Morgan fingerprint density at radius 3 is 2.50 bits per heavy atom. The first-order valence-electron chi connectivity index (χ1n) is 6.29. The van der Waals surface area contributed by atoms with Gasteiger partial charge in [0, 0.05) is 18.2 Å². The molecule has 0 saturated heterocycles. The molecule has 5 nitrogen and oxygen atoms in total. The molecular formula is C13H24N4O. The lowest BCUT2D eigenvalue weighted by atomic mass is 10.1. The van der Waals surface area contributed by atoms with Crippen LogP contribution in [0.5, 0.6) is 5.88 Å². The molecule has 102 valence electrons. The van der Waals surface area contributed by atoms with Crippen LogP contribution in [0.25, 0.3) is 0 Å². The quantitative estimate of drug-likeness (QED) is 0.793. The van der Waals surface area contributed by atoms with Crippen molar-refractivity contribution in [2.24, 2.45) is 0 Å². The van der Waals surface area contributed by atoms with Crippen molar-refractivity contribution in [2.75, 3.05) is 27.2 Å². The average molecular weight is 252 g/mol. The largest absolute Gasteiger partial charge is 0.475 e. The summed E-state index contributed by atoms with van der Waals surface area (Å²) in [5, 5.41) is 11.4. The molecule has 0 radical (unpaired) electrons. The Morgan fingerprint density at radius 2 is 2.00 bits per heavy atom.